The maximum Gasteiger partial charge on any atom is 0.319 e. The summed E-state index contributed by atoms with van der Waals surface area (Å²) in [6.45, 7) is 3.65. The molecule has 70 valence electrons. The second-order valence-electron chi connectivity index (χ2n) is 2.48. The van der Waals surface area contributed by atoms with Gasteiger partial charge in [-0.25, -0.2) is 9.78 Å². The van der Waals surface area contributed by atoms with Crippen LogP contribution >= 0.6 is 11.3 Å². The Morgan fingerprint density at radius 2 is 2.08 bits per heavy atom. The Hall–Kier alpha value is -1.43. The first kappa shape index (κ1) is 9.66. The van der Waals surface area contributed by atoms with Gasteiger partial charge in [0.1, 0.15) is 0 Å². The molecule has 3 amide bonds. The first-order valence-corrected chi connectivity index (χ1v) is 4.37. The number of nitrogens with zero attached hydrogens (tertiary/aromatic N) is 1. The predicted molar refractivity (Wildman–Crippen MR) is 48.6 cm³/mol. The largest absolute Gasteiger partial charge is 0.351 e. The van der Waals surface area contributed by atoms with Crippen molar-refractivity contribution in [2.24, 2.45) is 5.73 Å². The van der Waals surface area contributed by atoms with E-state index in [1.165, 1.54) is 11.3 Å². The fourth-order valence-corrected chi connectivity index (χ4v) is 1.54. The van der Waals surface area contributed by atoms with E-state index < -0.39 is 11.9 Å². The van der Waals surface area contributed by atoms with Crippen LogP contribution in [0.3, 0.4) is 0 Å². The summed E-state index contributed by atoms with van der Waals surface area (Å²) in [5.41, 5.74) is 5.57. The lowest BCUT2D eigenvalue weighted by Crippen LogP contribution is -2.34. The second-order valence-corrected chi connectivity index (χ2v) is 3.68. The number of hydrogen-bond donors (Lipinski definition) is 2. The molecule has 0 saturated carbocycles. The first-order chi connectivity index (χ1) is 6.00. The zero-order valence-corrected chi connectivity index (χ0v) is 8.07. The van der Waals surface area contributed by atoms with E-state index >= 15 is 0 Å². The standard InChI is InChI=1S/C7H9N3O2S/c1-3-4(2)13-6(9-3)5(11)10-7(8)12/h1-2H3,(H3,8,10,11,12). The number of rotatable bonds is 1. The van der Waals surface area contributed by atoms with Crippen LogP contribution in [0, 0.1) is 13.8 Å². The number of urea groups is 1. The lowest BCUT2D eigenvalue weighted by atomic mass is 10.4. The summed E-state index contributed by atoms with van der Waals surface area (Å²) in [7, 11) is 0. The van der Waals surface area contributed by atoms with Gasteiger partial charge in [0.25, 0.3) is 5.91 Å². The molecule has 0 spiro atoms. The number of carbonyl (C=O) groups excluding carboxylic acids is 2. The van der Waals surface area contributed by atoms with Crippen LogP contribution in [-0.2, 0) is 0 Å². The number of thiazole rings is 1. The third kappa shape index (κ3) is 2.25. The first-order valence-electron chi connectivity index (χ1n) is 3.55. The van der Waals surface area contributed by atoms with E-state index in [4.69, 9.17) is 5.73 Å². The lowest BCUT2D eigenvalue weighted by molar-refractivity contribution is 0.0965. The van der Waals surface area contributed by atoms with E-state index in [1.807, 2.05) is 12.2 Å². The molecule has 3 N–H and O–H groups in total. The van der Waals surface area contributed by atoms with Crippen LogP contribution < -0.4 is 11.1 Å². The van der Waals surface area contributed by atoms with Crippen molar-refractivity contribution in [2.45, 2.75) is 13.8 Å². The monoisotopic (exact) mass is 199 g/mol. The van der Waals surface area contributed by atoms with E-state index in [0.717, 1.165) is 10.6 Å². The zero-order chi connectivity index (χ0) is 10.0. The van der Waals surface area contributed by atoms with Crippen molar-refractivity contribution in [3.8, 4) is 0 Å². The number of nitrogens with two attached hydrogens (primary N) is 1. The zero-order valence-electron chi connectivity index (χ0n) is 7.25. The molecule has 0 saturated heterocycles. The van der Waals surface area contributed by atoms with E-state index in [-0.39, 0.29) is 5.01 Å². The number of nitrogens with one attached hydrogen (secondary N) is 1. The van der Waals surface area contributed by atoms with Gasteiger partial charge >= 0.3 is 6.03 Å². The molecule has 1 heterocycles. The van der Waals surface area contributed by atoms with Crippen LogP contribution in [0.15, 0.2) is 0 Å². The minimum Gasteiger partial charge on any atom is -0.351 e. The Bertz CT molecular complexity index is 339. The molecule has 0 atom stereocenters. The molecular weight excluding hydrogens is 190 g/mol. The van der Waals surface area contributed by atoms with Crippen molar-refractivity contribution in [2.75, 3.05) is 0 Å². The molecular formula is C7H9N3O2S. The number of hydrogen-bond acceptors (Lipinski definition) is 4. The molecule has 0 aliphatic heterocycles. The molecule has 0 unspecified atom stereocenters. The molecule has 1 aromatic rings. The van der Waals surface area contributed by atoms with Gasteiger partial charge in [-0.15, -0.1) is 11.3 Å². The highest BCUT2D eigenvalue weighted by atomic mass is 32.1. The van der Waals surface area contributed by atoms with Gasteiger partial charge in [-0.2, -0.15) is 0 Å². The topological polar surface area (TPSA) is 85.1 Å². The molecule has 0 fully saturated rings. The van der Waals surface area contributed by atoms with E-state index in [9.17, 15) is 9.59 Å². The summed E-state index contributed by atoms with van der Waals surface area (Å²) < 4.78 is 0. The summed E-state index contributed by atoms with van der Waals surface area (Å²) in [6.07, 6.45) is 0. The molecule has 5 nitrogen and oxygen atoms in total. The predicted octanol–water partition coefficient (Wildman–Crippen LogP) is 0.568. The molecule has 13 heavy (non-hydrogen) atoms. The Morgan fingerprint density at radius 1 is 1.46 bits per heavy atom. The number of aryl methyl sites for hydroxylation is 2. The Kier molecular flexibility index (Phi) is 2.62. The minimum absolute atomic E-state index is 0.258. The fourth-order valence-electron chi connectivity index (χ4n) is 0.735. The quantitative estimate of drug-likeness (QED) is 0.693. The average molecular weight is 199 g/mol. The molecule has 0 aromatic carbocycles. The third-order valence-corrected chi connectivity index (χ3v) is 2.53. The van der Waals surface area contributed by atoms with E-state index in [0.29, 0.717) is 0 Å². The van der Waals surface area contributed by atoms with Gasteiger partial charge in [0, 0.05) is 4.88 Å². The molecule has 1 rings (SSSR count). The number of aromatic nitrogens is 1. The Morgan fingerprint density at radius 3 is 2.46 bits per heavy atom. The van der Waals surface area contributed by atoms with E-state index in [2.05, 4.69) is 4.98 Å². The third-order valence-electron chi connectivity index (χ3n) is 1.46. The summed E-state index contributed by atoms with van der Waals surface area (Å²) in [5.74, 6) is -0.547. The highest BCUT2D eigenvalue weighted by Crippen LogP contribution is 2.15. The average Bonchev–Trinajstić information content (AvgIpc) is 2.31. The van der Waals surface area contributed by atoms with Crippen LogP contribution in [0.25, 0.3) is 0 Å². The fraction of sp³-hybridized carbons (Fsp3) is 0.286. The summed E-state index contributed by atoms with van der Waals surface area (Å²) in [6, 6.07) is -0.865. The second kappa shape index (κ2) is 3.53. The molecule has 0 radical (unpaired) electrons. The molecule has 0 bridgehead atoms. The Balaban J connectivity index is 2.83. The normalized spacial score (nSPS) is 9.69. The van der Waals surface area contributed by atoms with Crippen molar-refractivity contribution in [3.05, 3.63) is 15.6 Å². The molecule has 0 aliphatic carbocycles. The number of amides is 3. The van der Waals surface area contributed by atoms with Crippen molar-refractivity contribution < 1.29 is 9.59 Å². The van der Waals surface area contributed by atoms with Crippen molar-refractivity contribution in [1.29, 1.82) is 0 Å². The lowest BCUT2D eigenvalue weighted by Gasteiger charge is -1.94. The SMILES string of the molecule is Cc1nc(C(=O)NC(N)=O)sc1C. The van der Waals surface area contributed by atoms with Crippen LogP contribution in [0.2, 0.25) is 0 Å². The molecule has 0 aliphatic rings. The molecule has 1 aromatic heterocycles. The highest BCUT2D eigenvalue weighted by molar-refractivity contribution is 7.13. The van der Waals surface area contributed by atoms with Gasteiger partial charge < -0.3 is 5.73 Å². The van der Waals surface area contributed by atoms with Gasteiger partial charge in [-0.1, -0.05) is 0 Å². The van der Waals surface area contributed by atoms with Gasteiger partial charge in [-0.3, -0.25) is 10.1 Å². The number of imide groups is 1. The van der Waals surface area contributed by atoms with Gasteiger partial charge in [0.15, 0.2) is 5.01 Å². The summed E-state index contributed by atoms with van der Waals surface area (Å²) in [5, 5.41) is 2.21. The smallest absolute Gasteiger partial charge is 0.319 e. The Labute approximate surface area is 79.0 Å². The van der Waals surface area contributed by atoms with Crippen LogP contribution in [-0.4, -0.2) is 16.9 Å². The van der Waals surface area contributed by atoms with Gasteiger partial charge in [0.05, 0.1) is 5.69 Å². The molecule has 6 heteroatoms. The number of carbonyl (C=O) groups is 2. The highest BCUT2D eigenvalue weighted by Gasteiger charge is 2.13. The maximum atomic E-state index is 11.2. The van der Waals surface area contributed by atoms with Crippen LogP contribution in [0.1, 0.15) is 20.4 Å². The minimum atomic E-state index is -0.865. The maximum absolute atomic E-state index is 11.2. The van der Waals surface area contributed by atoms with Crippen LogP contribution in [0.5, 0.6) is 0 Å². The van der Waals surface area contributed by atoms with Crippen molar-refractivity contribution >= 4 is 23.3 Å². The van der Waals surface area contributed by atoms with Crippen LogP contribution in [0.4, 0.5) is 4.79 Å². The van der Waals surface area contributed by atoms with E-state index in [1.54, 1.807) is 6.92 Å². The van der Waals surface area contributed by atoms with Gasteiger partial charge in [0.2, 0.25) is 0 Å². The van der Waals surface area contributed by atoms with Gasteiger partial charge in [-0.05, 0) is 13.8 Å². The van der Waals surface area contributed by atoms with Crippen molar-refractivity contribution in [3.63, 3.8) is 0 Å². The van der Waals surface area contributed by atoms with Crippen molar-refractivity contribution in [1.82, 2.24) is 10.3 Å². The summed E-state index contributed by atoms with van der Waals surface area (Å²) in [4.78, 5) is 26.4. The number of primary amides is 1. The summed E-state index contributed by atoms with van der Waals surface area (Å²) >= 11 is 1.23.